The number of hydrogen-bond donors (Lipinski definition) is 1. The molecule has 28 heavy (non-hydrogen) atoms. The van der Waals surface area contributed by atoms with Crippen molar-refractivity contribution in [2.75, 3.05) is 5.75 Å². The Hall–Kier alpha value is -2.96. The Kier molecular flexibility index (Phi) is 4.98. The summed E-state index contributed by atoms with van der Waals surface area (Å²) in [7, 11) is -1.37. The SMILES string of the molecule is N#Cc1cncc(-c2cc(F)c(C3CS(=O)C(c4ccccn4)C(N)=N3)s2)c1. The third-order valence-corrected chi connectivity index (χ3v) is 7.20. The highest BCUT2D eigenvalue weighted by Gasteiger charge is 2.34. The smallest absolute Gasteiger partial charge is 0.139 e. The molecule has 4 heterocycles. The molecule has 1 aliphatic rings. The lowest BCUT2D eigenvalue weighted by molar-refractivity contribution is 0.602. The van der Waals surface area contributed by atoms with E-state index in [1.165, 1.54) is 23.6 Å². The van der Waals surface area contributed by atoms with Crippen LogP contribution in [0.1, 0.15) is 27.4 Å². The first-order chi connectivity index (χ1) is 13.6. The molecule has 140 valence electrons. The number of nitriles is 1. The second-order valence-corrected chi connectivity index (χ2v) is 8.80. The van der Waals surface area contributed by atoms with Crippen LogP contribution < -0.4 is 5.73 Å². The third-order valence-electron chi connectivity index (χ3n) is 4.28. The molecule has 0 radical (unpaired) electrons. The maximum absolute atomic E-state index is 14.6. The fraction of sp³-hybridized carbons (Fsp3) is 0.158. The van der Waals surface area contributed by atoms with Crippen molar-refractivity contribution in [1.29, 1.82) is 5.26 Å². The van der Waals surface area contributed by atoms with Crippen LogP contribution in [0.5, 0.6) is 0 Å². The Morgan fingerprint density at radius 2 is 2.18 bits per heavy atom. The van der Waals surface area contributed by atoms with Gasteiger partial charge in [-0.3, -0.25) is 19.2 Å². The van der Waals surface area contributed by atoms with Crippen LogP contribution >= 0.6 is 11.3 Å². The van der Waals surface area contributed by atoms with Gasteiger partial charge < -0.3 is 5.73 Å². The second kappa shape index (κ2) is 7.58. The Morgan fingerprint density at radius 3 is 2.89 bits per heavy atom. The van der Waals surface area contributed by atoms with Crippen LogP contribution in [0.25, 0.3) is 10.4 Å². The molecule has 0 aromatic carbocycles. The summed E-state index contributed by atoms with van der Waals surface area (Å²) in [4.78, 5) is 13.7. The van der Waals surface area contributed by atoms with Gasteiger partial charge in [-0.05, 0) is 24.3 Å². The van der Waals surface area contributed by atoms with Crippen LogP contribution in [0.15, 0.2) is 53.9 Å². The average molecular weight is 411 g/mol. The summed E-state index contributed by atoms with van der Waals surface area (Å²) in [6.45, 7) is 0. The van der Waals surface area contributed by atoms with Crippen molar-refractivity contribution >= 4 is 28.0 Å². The monoisotopic (exact) mass is 411 g/mol. The molecule has 0 aliphatic carbocycles. The van der Waals surface area contributed by atoms with Crippen LogP contribution in [0.3, 0.4) is 0 Å². The highest BCUT2D eigenvalue weighted by molar-refractivity contribution is 7.86. The Bertz CT molecular complexity index is 1120. The third kappa shape index (κ3) is 3.44. The minimum atomic E-state index is -1.37. The minimum Gasteiger partial charge on any atom is -0.386 e. The van der Waals surface area contributed by atoms with E-state index >= 15 is 0 Å². The van der Waals surface area contributed by atoms with Crippen molar-refractivity contribution < 1.29 is 8.60 Å². The van der Waals surface area contributed by atoms with Gasteiger partial charge in [0.1, 0.15) is 29.0 Å². The molecule has 2 N–H and O–H groups in total. The minimum absolute atomic E-state index is 0.162. The molecule has 3 unspecified atom stereocenters. The number of pyridine rings is 2. The summed E-state index contributed by atoms with van der Waals surface area (Å²) in [5, 5.41) is 8.43. The van der Waals surface area contributed by atoms with E-state index in [9.17, 15) is 8.60 Å². The molecule has 0 amide bonds. The maximum Gasteiger partial charge on any atom is 0.139 e. The molecule has 1 aliphatic heterocycles. The molecule has 9 heteroatoms. The van der Waals surface area contributed by atoms with E-state index in [4.69, 9.17) is 11.0 Å². The first-order valence-corrected chi connectivity index (χ1v) is 10.5. The van der Waals surface area contributed by atoms with Crippen LogP contribution in [0.4, 0.5) is 4.39 Å². The van der Waals surface area contributed by atoms with Gasteiger partial charge in [0.05, 0.1) is 21.9 Å². The maximum atomic E-state index is 14.6. The molecular weight excluding hydrogens is 397 g/mol. The lowest BCUT2D eigenvalue weighted by Gasteiger charge is -2.24. The zero-order valence-corrected chi connectivity index (χ0v) is 16.1. The molecule has 0 bridgehead atoms. The van der Waals surface area contributed by atoms with Crippen molar-refractivity contribution in [1.82, 2.24) is 9.97 Å². The summed E-state index contributed by atoms with van der Waals surface area (Å²) in [6.07, 6.45) is 4.63. The average Bonchev–Trinajstić information content (AvgIpc) is 3.10. The molecule has 0 saturated heterocycles. The van der Waals surface area contributed by atoms with E-state index in [1.807, 2.05) is 6.07 Å². The summed E-state index contributed by atoms with van der Waals surface area (Å²) < 4.78 is 27.4. The van der Waals surface area contributed by atoms with Crippen LogP contribution in [0, 0.1) is 17.1 Å². The van der Waals surface area contributed by atoms with Crippen LogP contribution in [-0.2, 0) is 10.8 Å². The predicted octanol–water partition coefficient (Wildman–Crippen LogP) is 3.12. The zero-order chi connectivity index (χ0) is 19.7. The van der Waals surface area contributed by atoms with Gasteiger partial charge in [-0.15, -0.1) is 11.3 Å². The van der Waals surface area contributed by atoms with E-state index in [1.54, 1.807) is 36.7 Å². The highest BCUT2D eigenvalue weighted by Crippen LogP contribution is 2.39. The fourth-order valence-corrected chi connectivity index (χ4v) is 5.66. The van der Waals surface area contributed by atoms with E-state index in [0.717, 1.165) is 0 Å². The number of halogens is 1. The lowest BCUT2D eigenvalue weighted by atomic mass is 10.2. The molecule has 4 rings (SSSR count). The van der Waals surface area contributed by atoms with E-state index in [-0.39, 0.29) is 11.6 Å². The van der Waals surface area contributed by atoms with Gasteiger partial charge in [0.2, 0.25) is 0 Å². The number of thiophene rings is 1. The lowest BCUT2D eigenvalue weighted by Crippen LogP contribution is -2.33. The number of rotatable bonds is 3. The summed E-state index contributed by atoms with van der Waals surface area (Å²) in [5.41, 5.74) is 7.72. The molecule has 0 spiro atoms. The largest absolute Gasteiger partial charge is 0.386 e. The van der Waals surface area contributed by atoms with Gasteiger partial charge in [-0.25, -0.2) is 4.39 Å². The second-order valence-electron chi connectivity index (χ2n) is 6.15. The number of nitrogens with two attached hydrogens (primary N) is 1. The van der Waals surface area contributed by atoms with E-state index in [2.05, 4.69) is 15.0 Å². The number of amidine groups is 1. The predicted molar refractivity (Wildman–Crippen MR) is 107 cm³/mol. The fourth-order valence-electron chi connectivity index (χ4n) is 3.01. The van der Waals surface area contributed by atoms with Gasteiger partial charge in [0.15, 0.2) is 0 Å². The number of aliphatic imine (C=N–C) groups is 1. The standard InChI is InChI=1S/C19H14FN5OS2/c20-13-6-16(12-5-11(7-21)8-23-9-12)27-17(13)15-10-28(26)18(19(22)25-15)14-3-1-2-4-24-14/h1-6,8-9,15,18H,10H2,(H2,22,25). The summed E-state index contributed by atoms with van der Waals surface area (Å²) >= 11 is 1.20. The van der Waals surface area contributed by atoms with Gasteiger partial charge >= 0.3 is 0 Å². The topological polar surface area (TPSA) is 105 Å². The Labute approximate surface area is 167 Å². The normalized spacial score (nSPS) is 21.7. The van der Waals surface area contributed by atoms with Gasteiger partial charge in [-0.1, -0.05) is 6.07 Å². The zero-order valence-electron chi connectivity index (χ0n) is 14.4. The van der Waals surface area contributed by atoms with Crippen molar-refractivity contribution in [2.45, 2.75) is 11.3 Å². The van der Waals surface area contributed by atoms with E-state index in [0.29, 0.717) is 26.6 Å². The highest BCUT2D eigenvalue weighted by atomic mass is 32.2. The number of nitrogens with zero attached hydrogens (tertiary/aromatic N) is 4. The number of hydrogen-bond acceptors (Lipinski definition) is 7. The summed E-state index contributed by atoms with van der Waals surface area (Å²) in [6, 6.07) is 9.76. The first kappa shape index (κ1) is 18.4. The Morgan fingerprint density at radius 1 is 1.32 bits per heavy atom. The molecule has 3 aromatic heterocycles. The van der Waals surface area contributed by atoms with Crippen molar-refractivity contribution in [3.05, 3.63) is 70.9 Å². The molecule has 0 saturated carbocycles. The van der Waals surface area contributed by atoms with Gasteiger partial charge in [0, 0.05) is 39.8 Å². The van der Waals surface area contributed by atoms with E-state index < -0.39 is 27.9 Å². The van der Waals surface area contributed by atoms with Crippen LogP contribution in [-0.4, -0.2) is 25.8 Å². The molecule has 3 aromatic rings. The summed E-state index contributed by atoms with van der Waals surface area (Å²) in [5.74, 6) is -0.0806. The van der Waals surface area contributed by atoms with Crippen molar-refractivity contribution in [3.8, 4) is 16.5 Å². The Balaban J connectivity index is 1.67. The molecule has 3 atom stereocenters. The molecule has 0 fully saturated rings. The van der Waals surface area contributed by atoms with Gasteiger partial charge in [-0.2, -0.15) is 5.26 Å². The van der Waals surface area contributed by atoms with Gasteiger partial charge in [0.25, 0.3) is 0 Å². The first-order valence-electron chi connectivity index (χ1n) is 8.33. The van der Waals surface area contributed by atoms with Crippen molar-refractivity contribution in [2.24, 2.45) is 10.7 Å². The number of aromatic nitrogens is 2. The van der Waals surface area contributed by atoms with Crippen LogP contribution in [0.2, 0.25) is 0 Å². The molecule has 6 nitrogen and oxygen atoms in total. The van der Waals surface area contributed by atoms with Crippen molar-refractivity contribution in [3.63, 3.8) is 0 Å². The quantitative estimate of drug-likeness (QED) is 0.713. The molecular formula is C19H14FN5OS2.